The number of rotatable bonds is 3. The quantitative estimate of drug-likeness (QED) is 0.905. The van der Waals surface area contributed by atoms with E-state index in [2.05, 4.69) is 0 Å². The molecule has 2 unspecified atom stereocenters. The monoisotopic (exact) mass is 266 g/mol. The van der Waals surface area contributed by atoms with Crippen molar-refractivity contribution in [2.45, 2.75) is 19.4 Å². The second kappa shape index (κ2) is 5.57. The zero-order valence-corrected chi connectivity index (χ0v) is 11.2. The molecule has 19 heavy (non-hydrogen) atoms. The summed E-state index contributed by atoms with van der Waals surface area (Å²) in [6.07, 6.45) is 0.905. The smallest absolute Gasteiger partial charge is 0.253 e. The third kappa shape index (κ3) is 2.87. The van der Waals surface area contributed by atoms with Gasteiger partial charge in [-0.05, 0) is 37.5 Å². The summed E-state index contributed by atoms with van der Waals surface area (Å²) in [5.74, 6) is -0.195. The van der Waals surface area contributed by atoms with Crippen LogP contribution in [0.3, 0.4) is 0 Å². The maximum Gasteiger partial charge on any atom is 0.253 e. The lowest BCUT2D eigenvalue weighted by Gasteiger charge is -2.18. The predicted molar refractivity (Wildman–Crippen MR) is 70.6 cm³/mol. The molecule has 0 aromatic heterocycles. The zero-order valence-electron chi connectivity index (χ0n) is 11.2. The molecule has 0 saturated carbocycles. The van der Waals surface area contributed by atoms with Crippen LogP contribution in [0, 0.1) is 11.7 Å². The van der Waals surface area contributed by atoms with Crippen LogP contribution in [-0.2, 0) is 0 Å². The van der Waals surface area contributed by atoms with Gasteiger partial charge in [0.1, 0.15) is 0 Å². The number of carbonyl (C=O) groups is 1. The van der Waals surface area contributed by atoms with Crippen LogP contribution in [0.1, 0.15) is 23.7 Å². The molecule has 1 aromatic carbocycles. The van der Waals surface area contributed by atoms with Gasteiger partial charge in [-0.1, -0.05) is 0 Å². The Kier molecular flexibility index (Phi) is 4.04. The van der Waals surface area contributed by atoms with E-state index in [1.165, 1.54) is 19.2 Å². The Labute approximate surface area is 112 Å². The summed E-state index contributed by atoms with van der Waals surface area (Å²) in [7, 11) is 1.40. The maximum atomic E-state index is 13.6. The van der Waals surface area contributed by atoms with Gasteiger partial charge in [0.15, 0.2) is 11.6 Å². The fourth-order valence-corrected chi connectivity index (χ4v) is 2.38. The van der Waals surface area contributed by atoms with E-state index in [9.17, 15) is 9.18 Å². The molecule has 0 spiro atoms. The molecule has 2 atom stereocenters. The van der Waals surface area contributed by atoms with Crippen molar-refractivity contribution in [3.63, 3.8) is 0 Å². The van der Waals surface area contributed by atoms with Gasteiger partial charge in [0.25, 0.3) is 5.91 Å². The van der Waals surface area contributed by atoms with E-state index in [4.69, 9.17) is 10.5 Å². The Morgan fingerprint density at radius 2 is 2.32 bits per heavy atom. The predicted octanol–water partition coefficient (Wildman–Crippen LogP) is 1.64. The molecular formula is C14H19FN2O2. The van der Waals surface area contributed by atoms with E-state index in [0.717, 1.165) is 6.42 Å². The minimum atomic E-state index is -0.517. The van der Waals surface area contributed by atoms with Crippen LogP contribution >= 0.6 is 0 Å². The molecule has 2 rings (SSSR count). The Hall–Kier alpha value is -1.62. The second-order valence-corrected chi connectivity index (χ2v) is 5.01. The second-order valence-electron chi connectivity index (χ2n) is 5.01. The lowest BCUT2D eigenvalue weighted by atomic mass is 10.0. The van der Waals surface area contributed by atoms with Gasteiger partial charge in [-0.15, -0.1) is 0 Å². The first-order valence-corrected chi connectivity index (χ1v) is 6.41. The Morgan fingerprint density at radius 3 is 2.84 bits per heavy atom. The van der Waals surface area contributed by atoms with E-state index in [-0.39, 0.29) is 17.7 Å². The average molecular weight is 266 g/mol. The largest absolute Gasteiger partial charge is 0.494 e. The van der Waals surface area contributed by atoms with E-state index < -0.39 is 5.82 Å². The number of nitrogens with zero attached hydrogens (tertiary/aromatic N) is 1. The van der Waals surface area contributed by atoms with Crippen molar-refractivity contribution >= 4 is 5.91 Å². The van der Waals surface area contributed by atoms with E-state index in [1.807, 2.05) is 6.92 Å². The number of hydrogen-bond acceptors (Lipinski definition) is 3. The highest BCUT2D eigenvalue weighted by Gasteiger charge is 2.29. The summed E-state index contributed by atoms with van der Waals surface area (Å²) >= 11 is 0. The van der Waals surface area contributed by atoms with Crippen LogP contribution in [0.25, 0.3) is 0 Å². The van der Waals surface area contributed by atoms with Gasteiger partial charge in [0.05, 0.1) is 7.11 Å². The number of carbonyl (C=O) groups excluding carboxylic acids is 1. The molecule has 0 radical (unpaired) electrons. The molecule has 5 heteroatoms. The van der Waals surface area contributed by atoms with Gasteiger partial charge < -0.3 is 15.4 Å². The third-order valence-corrected chi connectivity index (χ3v) is 3.65. The molecule has 1 saturated heterocycles. The molecule has 1 amide bonds. The molecule has 4 nitrogen and oxygen atoms in total. The Bertz CT molecular complexity index is 477. The van der Waals surface area contributed by atoms with Crippen LogP contribution in [0.4, 0.5) is 4.39 Å². The maximum absolute atomic E-state index is 13.6. The Balaban J connectivity index is 2.10. The third-order valence-electron chi connectivity index (χ3n) is 3.65. The number of hydrogen-bond donors (Lipinski definition) is 1. The molecule has 1 heterocycles. The fraction of sp³-hybridized carbons (Fsp3) is 0.500. The van der Waals surface area contributed by atoms with Crippen molar-refractivity contribution in [2.75, 3.05) is 20.2 Å². The molecule has 1 aliphatic heterocycles. The molecule has 1 fully saturated rings. The van der Waals surface area contributed by atoms with Gasteiger partial charge in [0.2, 0.25) is 0 Å². The lowest BCUT2D eigenvalue weighted by molar-refractivity contribution is 0.0785. The van der Waals surface area contributed by atoms with Crippen LogP contribution in [0.2, 0.25) is 0 Å². The number of halogens is 1. The van der Waals surface area contributed by atoms with E-state index in [1.54, 1.807) is 11.0 Å². The van der Waals surface area contributed by atoms with Gasteiger partial charge in [-0.25, -0.2) is 4.39 Å². The minimum absolute atomic E-state index is 0.0744. The molecule has 2 N–H and O–H groups in total. The normalized spacial score (nSPS) is 20.4. The first-order chi connectivity index (χ1) is 9.02. The van der Waals surface area contributed by atoms with Gasteiger partial charge in [-0.2, -0.15) is 0 Å². The highest BCUT2D eigenvalue weighted by molar-refractivity contribution is 5.94. The minimum Gasteiger partial charge on any atom is -0.494 e. The molecule has 104 valence electrons. The van der Waals surface area contributed by atoms with E-state index >= 15 is 0 Å². The van der Waals surface area contributed by atoms with Gasteiger partial charge in [-0.3, -0.25) is 4.79 Å². The number of amides is 1. The topological polar surface area (TPSA) is 55.6 Å². The van der Waals surface area contributed by atoms with Gasteiger partial charge in [0, 0.05) is 24.7 Å². The molecule has 1 aliphatic rings. The van der Waals surface area contributed by atoms with E-state index in [0.29, 0.717) is 24.6 Å². The molecule has 0 aliphatic carbocycles. The lowest BCUT2D eigenvalue weighted by Crippen LogP contribution is -2.33. The highest BCUT2D eigenvalue weighted by atomic mass is 19.1. The summed E-state index contributed by atoms with van der Waals surface area (Å²) in [6.45, 7) is 3.27. The van der Waals surface area contributed by atoms with Crippen LogP contribution in [0.15, 0.2) is 18.2 Å². The fourth-order valence-electron chi connectivity index (χ4n) is 2.38. The van der Waals surface area contributed by atoms with Crippen LogP contribution < -0.4 is 10.5 Å². The molecule has 1 aromatic rings. The number of ether oxygens (including phenoxy) is 1. The van der Waals surface area contributed by atoms with Crippen LogP contribution in [0.5, 0.6) is 5.75 Å². The summed E-state index contributed by atoms with van der Waals surface area (Å²) in [6, 6.07) is 4.36. The SMILES string of the molecule is COc1ccc(C(=O)N2CCC(C(C)N)C2)cc1F. The number of nitrogens with two attached hydrogens (primary N) is 1. The summed E-state index contributed by atoms with van der Waals surface area (Å²) in [5.41, 5.74) is 6.20. The van der Waals surface area contributed by atoms with Crippen LogP contribution in [-0.4, -0.2) is 37.0 Å². The number of benzene rings is 1. The number of likely N-dealkylation sites (tertiary alicyclic amines) is 1. The standard InChI is InChI=1S/C14H19FN2O2/c1-9(16)11-5-6-17(8-11)14(18)10-3-4-13(19-2)12(15)7-10/h3-4,7,9,11H,5-6,8,16H2,1-2H3. The van der Waals surface area contributed by atoms with Crippen molar-refractivity contribution in [1.82, 2.24) is 4.90 Å². The van der Waals surface area contributed by atoms with Crippen molar-refractivity contribution < 1.29 is 13.9 Å². The van der Waals surface area contributed by atoms with Crippen molar-refractivity contribution in [1.29, 1.82) is 0 Å². The van der Waals surface area contributed by atoms with Gasteiger partial charge >= 0.3 is 0 Å². The summed E-state index contributed by atoms with van der Waals surface area (Å²) in [5, 5.41) is 0. The first kappa shape index (κ1) is 13.8. The number of methoxy groups -OCH3 is 1. The molecular weight excluding hydrogens is 247 g/mol. The Morgan fingerprint density at radius 1 is 1.58 bits per heavy atom. The summed E-state index contributed by atoms with van der Waals surface area (Å²) < 4.78 is 18.4. The van der Waals surface area contributed by atoms with Crippen molar-refractivity contribution in [3.8, 4) is 5.75 Å². The molecule has 0 bridgehead atoms. The van der Waals surface area contributed by atoms with Crippen molar-refractivity contribution in [2.24, 2.45) is 11.7 Å². The highest BCUT2D eigenvalue weighted by Crippen LogP contribution is 2.23. The van der Waals surface area contributed by atoms with Crippen molar-refractivity contribution in [3.05, 3.63) is 29.6 Å². The average Bonchev–Trinajstić information content (AvgIpc) is 2.87. The summed E-state index contributed by atoms with van der Waals surface area (Å²) in [4.78, 5) is 14.0. The first-order valence-electron chi connectivity index (χ1n) is 6.41. The zero-order chi connectivity index (χ0) is 14.0.